The molecule has 2 fully saturated rings. The molecule has 35 heavy (non-hydrogen) atoms. The lowest BCUT2D eigenvalue weighted by Crippen LogP contribution is -2.48. The summed E-state index contributed by atoms with van der Waals surface area (Å²) in [5.74, 6) is 1.24. The van der Waals surface area contributed by atoms with Crippen LogP contribution in [0.15, 0.2) is 55.0 Å². The highest BCUT2D eigenvalue weighted by molar-refractivity contribution is 6.33. The number of nitrogens with zero attached hydrogens (tertiary/aromatic N) is 6. The van der Waals surface area contributed by atoms with Gasteiger partial charge in [-0.15, -0.1) is 0 Å². The molecule has 1 amide bonds. The lowest BCUT2D eigenvalue weighted by molar-refractivity contribution is -0.129. The van der Waals surface area contributed by atoms with E-state index in [4.69, 9.17) is 16.3 Å². The van der Waals surface area contributed by atoms with Gasteiger partial charge in [0.05, 0.1) is 47.5 Å². The monoisotopic (exact) mass is 489 g/mol. The van der Waals surface area contributed by atoms with Gasteiger partial charge in [-0.1, -0.05) is 17.7 Å². The van der Waals surface area contributed by atoms with E-state index in [1.165, 1.54) is 0 Å². The number of likely N-dealkylation sites (tertiary alicyclic amines) is 1. The number of anilines is 3. The van der Waals surface area contributed by atoms with Crippen LogP contribution in [-0.4, -0.2) is 62.7 Å². The molecule has 2 bridgehead atoms. The van der Waals surface area contributed by atoms with Crippen LogP contribution in [0.4, 0.5) is 17.3 Å². The number of pyridine rings is 1. The largest absolute Gasteiger partial charge is 0.494 e. The van der Waals surface area contributed by atoms with Gasteiger partial charge in [0, 0.05) is 49.6 Å². The van der Waals surface area contributed by atoms with Gasteiger partial charge in [-0.2, -0.15) is 5.10 Å². The van der Waals surface area contributed by atoms with Crippen LogP contribution in [0.5, 0.6) is 5.75 Å². The van der Waals surface area contributed by atoms with E-state index in [1.807, 2.05) is 41.4 Å². The Balaban J connectivity index is 1.27. The molecule has 2 saturated heterocycles. The number of ether oxygens (including phenoxy) is 1. The number of carbonyl (C=O) groups is 1. The average Bonchev–Trinajstić information content (AvgIpc) is 3.60. The summed E-state index contributed by atoms with van der Waals surface area (Å²) in [7, 11) is 1.64. The first kappa shape index (κ1) is 21.7. The van der Waals surface area contributed by atoms with Crippen LogP contribution in [-0.2, 0) is 4.79 Å². The predicted octanol–water partition coefficient (Wildman–Crippen LogP) is 4.01. The normalized spacial score (nSPS) is 18.9. The van der Waals surface area contributed by atoms with Gasteiger partial charge >= 0.3 is 0 Å². The third-order valence-electron chi connectivity index (χ3n) is 6.83. The number of benzene rings is 1. The molecule has 0 unspecified atom stereocenters. The minimum absolute atomic E-state index is 0.153. The van der Waals surface area contributed by atoms with Gasteiger partial charge in [0.15, 0.2) is 0 Å². The molecule has 178 valence electrons. The molecule has 1 N–H and O–H groups in total. The Bertz CT molecular complexity index is 1440. The Hall–Kier alpha value is -3.85. The van der Waals surface area contributed by atoms with Crippen LogP contribution < -0.4 is 15.0 Å². The highest BCUT2D eigenvalue weighted by Gasteiger charge is 2.44. The molecule has 0 saturated carbocycles. The van der Waals surface area contributed by atoms with Crippen molar-refractivity contribution in [3.63, 3.8) is 0 Å². The quantitative estimate of drug-likeness (QED) is 0.453. The number of nitrogens with one attached hydrogen (secondary N) is 1. The zero-order valence-corrected chi connectivity index (χ0v) is 20.1. The molecule has 5 heterocycles. The van der Waals surface area contributed by atoms with E-state index in [9.17, 15) is 4.79 Å². The topological polar surface area (TPSA) is 87.9 Å². The van der Waals surface area contributed by atoms with E-state index in [0.717, 1.165) is 42.0 Å². The summed E-state index contributed by atoms with van der Waals surface area (Å²) in [5.41, 5.74) is 4.16. The summed E-state index contributed by atoms with van der Waals surface area (Å²) in [4.78, 5) is 25.2. The first-order chi connectivity index (χ1) is 17.0. The first-order valence-electron chi connectivity index (χ1n) is 11.5. The number of rotatable bonds is 5. The molecule has 6 rings (SSSR count). The van der Waals surface area contributed by atoms with Gasteiger partial charge < -0.3 is 19.9 Å². The van der Waals surface area contributed by atoms with E-state index in [1.54, 1.807) is 30.9 Å². The van der Waals surface area contributed by atoms with E-state index in [0.29, 0.717) is 28.5 Å². The van der Waals surface area contributed by atoms with Crippen molar-refractivity contribution in [2.75, 3.05) is 30.4 Å². The summed E-state index contributed by atoms with van der Waals surface area (Å²) >= 11 is 6.46. The van der Waals surface area contributed by atoms with Gasteiger partial charge in [-0.05, 0) is 30.7 Å². The lowest BCUT2D eigenvalue weighted by atomic mass is 10.2. The predicted molar refractivity (Wildman–Crippen MR) is 134 cm³/mol. The molecule has 10 heteroatoms. The summed E-state index contributed by atoms with van der Waals surface area (Å²) in [6.07, 6.45) is 6.22. The second-order valence-electron chi connectivity index (χ2n) is 8.86. The SMILES string of the molecule is COc1cc(N2C[C@@H]3C[C@H]2CN3C(C)=O)ccc1Nc1ncc(Cl)c(-c2cnn3ccccc23)n1. The third-order valence-corrected chi connectivity index (χ3v) is 7.11. The number of methoxy groups -OCH3 is 1. The Morgan fingerprint density at radius 3 is 2.83 bits per heavy atom. The fourth-order valence-corrected chi connectivity index (χ4v) is 5.38. The number of halogens is 1. The number of carbonyl (C=O) groups excluding carboxylic acids is 1. The highest BCUT2D eigenvalue weighted by Crippen LogP contribution is 2.38. The minimum atomic E-state index is 0.153. The summed E-state index contributed by atoms with van der Waals surface area (Å²) in [6, 6.07) is 12.5. The summed E-state index contributed by atoms with van der Waals surface area (Å²) in [5, 5.41) is 8.10. The van der Waals surface area contributed by atoms with Crippen molar-refractivity contribution in [2.24, 2.45) is 0 Å². The maximum Gasteiger partial charge on any atom is 0.227 e. The Morgan fingerprint density at radius 2 is 2.06 bits per heavy atom. The average molecular weight is 490 g/mol. The van der Waals surface area contributed by atoms with Crippen LogP contribution >= 0.6 is 11.6 Å². The molecule has 0 radical (unpaired) electrons. The molecule has 2 aliphatic heterocycles. The van der Waals surface area contributed by atoms with Gasteiger partial charge in [0.25, 0.3) is 0 Å². The van der Waals surface area contributed by atoms with Crippen molar-refractivity contribution in [1.82, 2.24) is 24.5 Å². The number of piperazine rings is 1. The van der Waals surface area contributed by atoms with Crippen LogP contribution in [0, 0.1) is 0 Å². The summed E-state index contributed by atoms with van der Waals surface area (Å²) < 4.78 is 7.47. The minimum Gasteiger partial charge on any atom is -0.494 e. The van der Waals surface area contributed by atoms with Crippen molar-refractivity contribution in [1.29, 1.82) is 0 Å². The Labute approximate surface area is 207 Å². The fraction of sp³-hybridized carbons (Fsp3) is 0.280. The zero-order chi connectivity index (χ0) is 24.1. The molecule has 1 aromatic carbocycles. The molecule has 0 aliphatic carbocycles. The second-order valence-corrected chi connectivity index (χ2v) is 9.26. The third kappa shape index (κ3) is 3.72. The number of aromatic nitrogens is 4. The van der Waals surface area contributed by atoms with E-state index in [2.05, 4.69) is 31.3 Å². The molecule has 2 aliphatic rings. The number of hydrogen-bond donors (Lipinski definition) is 1. The molecular formula is C25H24ClN7O2. The molecule has 9 nitrogen and oxygen atoms in total. The molecule has 0 spiro atoms. The van der Waals surface area contributed by atoms with Crippen molar-refractivity contribution in [2.45, 2.75) is 25.4 Å². The van der Waals surface area contributed by atoms with Gasteiger partial charge in [-0.25, -0.2) is 14.5 Å². The van der Waals surface area contributed by atoms with Gasteiger partial charge in [0.2, 0.25) is 11.9 Å². The fourth-order valence-electron chi connectivity index (χ4n) is 5.18. The number of amides is 1. The lowest BCUT2D eigenvalue weighted by Gasteiger charge is -2.35. The Morgan fingerprint density at radius 1 is 1.17 bits per heavy atom. The zero-order valence-electron chi connectivity index (χ0n) is 19.3. The molecule has 3 aromatic heterocycles. The molecule has 2 atom stereocenters. The van der Waals surface area contributed by atoms with Gasteiger partial charge in [-0.3, -0.25) is 4.79 Å². The van der Waals surface area contributed by atoms with E-state index < -0.39 is 0 Å². The van der Waals surface area contributed by atoms with Crippen molar-refractivity contribution < 1.29 is 9.53 Å². The maximum absolute atomic E-state index is 11.8. The van der Waals surface area contributed by atoms with E-state index in [-0.39, 0.29) is 11.9 Å². The van der Waals surface area contributed by atoms with Crippen LogP contribution in [0.3, 0.4) is 0 Å². The summed E-state index contributed by atoms with van der Waals surface area (Å²) in [6.45, 7) is 3.26. The first-order valence-corrected chi connectivity index (χ1v) is 11.8. The van der Waals surface area contributed by atoms with Crippen molar-refractivity contribution in [3.05, 3.63) is 60.0 Å². The van der Waals surface area contributed by atoms with Crippen LogP contribution in [0.25, 0.3) is 16.8 Å². The molecular weight excluding hydrogens is 466 g/mol. The maximum atomic E-state index is 11.8. The smallest absolute Gasteiger partial charge is 0.227 e. The van der Waals surface area contributed by atoms with Crippen molar-refractivity contribution >= 4 is 40.3 Å². The van der Waals surface area contributed by atoms with Crippen molar-refractivity contribution in [3.8, 4) is 17.0 Å². The second kappa shape index (κ2) is 8.42. The van der Waals surface area contributed by atoms with Crippen LogP contribution in [0.1, 0.15) is 13.3 Å². The Kier molecular flexibility index (Phi) is 5.21. The van der Waals surface area contributed by atoms with Gasteiger partial charge in [0.1, 0.15) is 5.75 Å². The standard InChI is InChI=1S/C25H24ClN7O2/c1-15(34)31-13-18-9-17(31)14-32(18)16-6-7-21(23(10-16)35-2)29-25-27-12-20(26)24(30-25)19-11-28-33-8-4-3-5-22(19)33/h3-8,10-12,17-18H,9,13-14H2,1-2H3,(H,27,29,30)/t17-,18-/m0/s1. The number of fused-ring (bicyclic) bond motifs is 3. The van der Waals surface area contributed by atoms with E-state index >= 15 is 0 Å². The molecule has 4 aromatic rings. The number of hydrogen-bond acceptors (Lipinski definition) is 7. The van der Waals surface area contributed by atoms with Crippen LogP contribution in [0.2, 0.25) is 5.02 Å². The highest BCUT2D eigenvalue weighted by atomic mass is 35.5.